The highest BCUT2D eigenvalue weighted by Gasteiger charge is 2.03. The van der Waals surface area contributed by atoms with Crippen LogP contribution in [-0.2, 0) is 6.54 Å². The third-order valence-electron chi connectivity index (χ3n) is 3.53. The molecule has 0 aliphatic heterocycles. The molecule has 0 aromatic heterocycles. The number of nitrogens with one attached hydrogen (secondary N) is 1. The van der Waals surface area contributed by atoms with Crippen LogP contribution in [0.2, 0.25) is 0 Å². The van der Waals surface area contributed by atoms with Gasteiger partial charge in [-0.05, 0) is 42.0 Å². The highest BCUT2D eigenvalue weighted by molar-refractivity contribution is 5.92. The van der Waals surface area contributed by atoms with Crippen LogP contribution in [0.3, 0.4) is 0 Å². The van der Waals surface area contributed by atoms with Crippen molar-refractivity contribution in [3.63, 3.8) is 0 Å². The van der Waals surface area contributed by atoms with Crippen LogP contribution in [0.1, 0.15) is 5.56 Å². The molecule has 3 rings (SSSR count). The zero-order chi connectivity index (χ0) is 18.4. The molecule has 0 atom stereocenters. The van der Waals surface area contributed by atoms with Crippen LogP contribution in [0.25, 0.3) is 0 Å². The molecule has 26 heavy (non-hydrogen) atoms. The van der Waals surface area contributed by atoms with Gasteiger partial charge in [0.1, 0.15) is 11.5 Å². The highest BCUT2D eigenvalue weighted by atomic mass is 19.1. The number of rotatable bonds is 5. The Morgan fingerprint density at radius 3 is 2.54 bits per heavy atom. The van der Waals surface area contributed by atoms with E-state index in [1.807, 2.05) is 48.5 Å². The van der Waals surface area contributed by atoms with Gasteiger partial charge in [0, 0.05) is 11.8 Å². The lowest BCUT2D eigenvalue weighted by molar-refractivity contribution is 0.432. The number of para-hydroxylation sites is 1. The number of nitrogens with two attached hydrogens (primary N) is 1. The molecule has 0 radical (unpaired) electrons. The number of benzene rings is 3. The summed E-state index contributed by atoms with van der Waals surface area (Å²) >= 11 is 0. The first-order chi connectivity index (χ1) is 12.6. The number of halogens is 1. The van der Waals surface area contributed by atoms with Gasteiger partial charge >= 0.3 is 0 Å². The van der Waals surface area contributed by atoms with Gasteiger partial charge in [-0.1, -0.05) is 30.3 Å². The summed E-state index contributed by atoms with van der Waals surface area (Å²) in [5.41, 5.74) is 7.20. The molecule has 0 spiro atoms. The molecule has 0 saturated heterocycles. The summed E-state index contributed by atoms with van der Waals surface area (Å²) in [6.07, 6.45) is 0. The summed E-state index contributed by atoms with van der Waals surface area (Å²) in [6, 6.07) is 20.9. The number of phenols is 1. The van der Waals surface area contributed by atoms with Gasteiger partial charge in [0.15, 0.2) is 17.5 Å². The van der Waals surface area contributed by atoms with Crippen molar-refractivity contribution >= 4 is 11.6 Å². The van der Waals surface area contributed by atoms with E-state index in [4.69, 9.17) is 10.5 Å². The van der Waals surface area contributed by atoms with E-state index in [-0.39, 0.29) is 18.3 Å². The third kappa shape index (κ3) is 4.73. The van der Waals surface area contributed by atoms with Gasteiger partial charge in [-0.3, -0.25) is 0 Å². The number of hydrogen-bond donors (Lipinski definition) is 3. The lowest BCUT2D eigenvalue weighted by Crippen LogP contribution is -2.22. The average molecular weight is 351 g/mol. The maximum absolute atomic E-state index is 13.3. The number of anilines is 1. The Morgan fingerprint density at radius 2 is 1.77 bits per heavy atom. The van der Waals surface area contributed by atoms with Gasteiger partial charge in [0.25, 0.3) is 0 Å². The molecule has 4 N–H and O–H groups in total. The molecule has 0 aliphatic carbocycles. The van der Waals surface area contributed by atoms with Crippen molar-refractivity contribution in [3.8, 4) is 17.2 Å². The molecular weight excluding hydrogens is 333 g/mol. The van der Waals surface area contributed by atoms with Crippen LogP contribution in [0.5, 0.6) is 17.2 Å². The van der Waals surface area contributed by atoms with Crippen LogP contribution in [0.4, 0.5) is 10.1 Å². The number of ether oxygens (including phenoxy) is 1. The lowest BCUT2D eigenvalue weighted by atomic mass is 10.2. The molecular formula is C20H18FN3O2. The number of guanidine groups is 1. The first-order valence-corrected chi connectivity index (χ1v) is 7.97. The van der Waals surface area contributed by atoms with Gasteiger partial charge in [-0.2, -0.15) is 0 Å². The second-order valence-electron chi connectivity index (χ2n) is 5.56. The zero-order valence-corrected chi connectivity index (χ0v) is 13.9. The van der Waals surface area contributed by atoms with Crippen molar-refractivity contribution in [3.05, 3.63) is 84.2 Å². The minimum Gasteiger partial charge on any atom is -0.505 e. The van der Waals surface area contributed by atoms with Gasteiger partial charge in [-0.25, -0.2) is 9.38 Å². The van der Waals surface area contributed by atoms with E-state index in [0.717, 1.165) is 11.4 Å². The Kier molecular flexibility index (Phi) is 5.34. The summed E-state index contributed by atoms with van der Waals surface area (Å²) < 4.78 is 19.1. The minimum atomic E-state index is -0.685. The standard InChI is InChI=1S/C20H18FN3O2/c21-18-11-14(9-10-19(18)25)13-23-20(22)24-15-5-4-8-17(12-15)26-16-6-2-1-3-7-16/h1-12,25H,13H2,(H3,22,23,24). The monoisotopic (exact) mass is 351 g/mol. The van der Waals surface area contributed by atoms with Crippen molar-refractivity contribution in [2.75, 3.05) is 5.32 Å². The fourth-order valence-electron chi connectivity index (χ4n) is 2.27. The zero-order valence-electron chi connectivity index (χ0n) is 13.9. The molecule has 0 fully saturated rings. The number of hydrogen-bond acceptors (Lipinski definition) is 3. The van der Waals surface area contributed by atoms with Gasteiger partial charge in [0.05, 0.1) is 6.54 Å². The third-order valence-corrected chi connectivity index (χ3v) is 3.53. The van der Waals surface area contributed by atoms with E-state index in [2.05, 4.69) is 10.3 Å². The summed E-state index contributed by atoms with van der Waals surface area (Å²) in [7, 11) is 0. The van der Waals surface area contributed by atoms with Crippen molar-refractivity contribution < 1.29 is 14.2 Å². The Hall–Kier alpha value is -3.54. The number of nitrogens with zero attached hydrogens (tertiary/aromatic N) is 1. The fraction of sp³-hybridized carbons (Fsp3) is 0.0500. The van der Waals surface area contributed by atoms with Gasteiger partial charge in [-0.15, -0.1) is 0 Å². The molecule has 3 aromatic rings. The predicted molar refractivity (Wildman–Crippen MR) is 100.0 cm³/mol. The van der Waals surface area contributed by atoms with Crippen LogP contribution >= 0.6 is 0 Å². The van der Waals surface area contributed by atoms with Crippen molar-refractivity contribution in [2.24, 2.45) is 10.7 Å². The second kappa shape index (κ2) is 8.02. The molecule has 0 heterocycles. The average Bonchev–Trinajstić information content (AvgIpc) is 2.64. The molecule has 0 unspecified atom stereocenters. The Labute approximate surface area is 150 Å². The highest BCUT2D eigenvalue weighted by Crippen LogP contribution is 2.23. The quantitative estimate of drug-likeness (QED) is 0.474. The van der Waals surface area contributed by atoms with Crippen LogP contribution < -0.4 is 15.8 Å². The molecule has 0 aliphatic rings. The van der Waals surface area contributed by atoms with Crippen LogP contribution in [0, 0.1) is 5.82 Å². The lowest BCUT2D eigenvalue weighted by Gasteiger charge is -2.09. The summed E-state index contributed by atoms with van der Waals surface area (Å²) in [6.45, 7) is 0.191. The Morgan fingerprint density at radius 1 is 1.00 bits per heavy atom. The normalized spacial score (nSPS) is 11.2. The topological polar surface area (TPSA) is 79.9 Å². The van der Waals surface area contributed by atoms with Crippen molar-refractivity contribution in [2.45, 2.75) is 6.54 Å². The Bertz CT molecular complexity index is 914. The second-order valence-corrected chi connectivity index (χ2v) is 5.56. The molecule has 0 bridgehead atoms. The summed E-state index contributed by atoms with van der Waals surface area (Å²) in [4.78, 5) is 4.17. The van der Waals surface area contributed by atoms with E-state index in [0.29, 0.717) is 11.3 Å². The van der Waals surface area contributed by atoms with Crippen LogP contribution in [-0.4, -0.2) is 11.1 Å². The van der Waals surface area contributed by atoms with Gasteiger partial charge < -0.3 is 20.9 Å². The number of aliphatic imine (C=N–C) groups is 1. The number of phenolic OH excluding ortho intramolecular Hbond substituents is 1. The molecule has 132 valence electrons. The van der Waals surface area contributed by atoms with E-state index in [1.165, 1.54) is 12.1 Å². The van der Waals surface area contributed by atoms with Crippen LogP contribution in [0.15, 0.2) is 77.8 Å². The molecule has 0 saturated carbocycles. The Balaban J connectivity index is 1.64. The minimum absolute atomic E-state index is 0.190. The fourth-order valence-corrected chi connectivity index (χ4v) is 2.27. The predicted octanol–water partition coefficient (Wildman–Crippen LogP) is 4.25. The largest absolute Gasteiger partial charge is 0.505 e. The van der Waals surface area contributed by atoms with E-state index < -0.39 is 5.82 Å². The maximum atomic E-state index is 13.3. The first kappa shape index (κ1) is 17.3. The summed E-state index contributed by atoms with van der Waals surface area (Å²) in [5.74, 6) is 0.514. The first-order valence-electron chi connectivity index (χ1n) is 7.97. The molecule has 6 heteroatoms. The SMILES string of the molecule is NC(=NCc1ccc(O)c(F)c1)Nc1cccc(Oc2ccccc2)c1. The smallest absolute Gasteiger partial charge is 0.193 e. The van der Waals surface area contributed by atoms with E-state index in [1.54, 1.807) is 12.1 Å². The van der Waals surface area contributed by atoms with Crippen molar-refractivity contribution in [1.82, 2.24) is 0 Å². The van der Waals surface area contributed by atoms with E-state index in [9.17, 15) is 9.50 Å². The van der Waals surface area contributed by atoms with Gasteiger partial charge in [0.2, 0.25) is 0 Å². The van der Waals surface area contributed by atoms with E-state index >= 15 is 0 Å². The number of aromatic hydroxyl groups is 1. The maximum Gasteiger partial charge on any atom is 0.193 e. The molecule has 5 nitrogen and oxygen atoms in total. The summed E-state index contributed by atoms with van der Waals surface area (Å²) in [5, 5.41) is 12.2. The molecule has 0 amide bonds. The molecule has 3 aromatic carbocycles. The van der Waals surface area contributed by atoms with Crippen molar-refractivity contribution in [1.29, 1.82) is 0 Å².